The summed E-state index contributed by atoms with van der Waals surface area (Å²) in [4.78, 5) is 17.1. The van der Waals surface area contributed by atoms with Gasteiger partial charge in [-0.25, -0.2) is 15.0 Å². The second-order valence-electron chi connectivity index (χ2n) is 6.79. The predicted octanol–water partition coefficient (Wildman–Crippen LogP) is 4.27. The van der Waals surface area contributed by atoms with E-state index in [9.17, 15) is 0 Å². The quantitative estimate of drug-likeness (QED) is 0.483. The molecule has 3 heterocycles. The molecule has 1 unspecified atom stereocenters. The van der Waals surface area contributed by atoms with Crippen molar-refractivity contribution < 1.29 is 4.52 Å². The molecule has 1 aromatic carbocycles. The Kier molecular flexibility index (Phi) is 5.85. The molecule has 7 heteroatoms. The normalized spacial score (nSPS) is 11.9. The molecule has 3 aromatic heterocycles. The van der Waals surface area contributed by atoms with E-state index in [4.69, 9.17) is 4.52 Å². The molecule has 29 heavy (non-hydrogen) atoms. The molecule has 0 fully saturated rings. The lowest BCUT2D eigenvalue weighted by atomic mass is 10.1. The number of hydrogen-bond donors (Lipinski definition) is 1. The molecule has 4 aromatic rings. The summed E-state index contributed by atoms with van der Waals surface area (Å²) in [6.45, 7) is 2.03. The van der Waals surface area contributed by atoms with Crippen LogP contribution in [-0.2, 0) is 12.8 Å². The molecule has 1 atom stereocenters. The summed E-state index contributed by atoms with van der Waals surface area (Å²) in [6.07, 6.45) is 7.75. The maximum absolute atomic E-state index is 5.41. The fourth-order valence-corrected chi connectivity index (χ4v) is 3.03. The van der Waals surface area contributed by atoms with Crippen LogP contribution in [0.5, 0.6) is 0 Å². The van der Waals surface area contributed by atoms with E-state index in [0.29, 0.717) is 5.89 Å². The van der Waals surface area contributed by atoms with Crippen LogP contribution in [0.2, 0.25) is 0 Å². The van der Waals surface area contributed by atoms with Gasteiger partial charge in [0.25, 0.3) is 5.89 Å². The smallest absolute Gasteiger partial charge is 0.259 e. The van der Waals surface area contributed by atoms with Gasteiger partial charge in [-0.15, -0.1) is 0 Å². The fourth-order valence-electron chi connectivity index (χ4n) is 3.03. The van der Waals surface area contributed by atoms with Gasteiger partial charge in [-0.1, -0.05) is 35.5 Å². The van der Waals surface area contributed by atoms with Crippen LogP contribution in [0.15, 0.2) is 71.8 Å². The standard InChI is InChI=1S/C22H22N6O/c1-16(19-12-13-23-15-25-19)26-20-11-10-18(14-24-20)22-27-21(28-29-22)9-5-8-17-6-3-2-4-7-17/h2-4,6-7,10-16H,5,8-9H2,1H3,(H,24,26). The highest BCUT2D eigenvalue weighted by Crippen LogP contribution is 2.20. The number of nitrogens with zero attached hydrogens (tertiary/aromatic N) is 5. The van der Waals surface area contributed by atoms with Crippen LogP contribution in [0.3, 0.4) is 0 Å². The van der Waals surface area contributed by atoms with Gasteiger partial charge in [0, 0.05) is 18.8 Å². The summed E-state index contributed by atoms with van der Waals surface area (Å²) in [5.41, 5.74) is 3.02. The third-order valence-corrected chi connectivity index (χ3v) is 4.60. The van der Waals surface area contributed by atoms with Crippen molar-refractivity contribution in [2.45, 2.75) is 32.2 Å². The first-order valence-electron chi connectivity index (χ1n) is 9.63. The summed E-state index contributed by atoms with van der Waals surface area (Å²) in [6, 6.07) is 16.1. The van der Waals surface area contributed by atoms with E-state index in [1.165, 1.54) is 11.9 Å². The van der Waals surface area contributed by atoms with Gasteiger partial charge >= 0.3 is 0 Å². The highest BCUT2D eigenvalue weighted by molar-refractivity contribution is 5.54. The second-order valence-corrected chi connectivity index (χ2v) is 6.79. The van der Waals surface area contributed by atoms with Crippen molar-refractivity contribution in [2.24, 2.45) is 0 Å². The zero-order valence-electron chi connectivity index (χ0n) is 16.2. The van der Waals surface area contributed by atoms with E-state index in [1.807, 2.05) is 31.2 Å². The number of anilines is 1. The van der Waals surface area contributed by atoms with E-state index in [0.717, 1.165) is 42.2 Å². The first kappa shape index (κ1) is 18.7. The molecule has 0 amide bonds. The van der Waals surface area contributed by atoms with Crippen LogP contribution in [0.4, 0.5) is 5.82 Å². The number of rotatable bonds is 8. The zero-order chi connectivity index (χ0) is 19.9. The van der Waals surface area contributed by atoms with E-state index in [2.05, 4.69) is 54.7 Å². The third kappa shape index (κ3) is 5.01. The van der Waals surface area contributed by atoms with Crippen molar-refractivity contribution in [1.29, 1.82) is 0 Å². The average molecular weight is 386 g/mol. The highest BCUT2D eigenvalue weighted by atomic mass is 16.5. The first-order valence-corrected chi connectivity index (χ1v) is 9.63. The molecule has 7 nitrogen and oxygen atoms in total. The zero-order valence-corrected chi connectivity index (χ0v) is 16.2. The van der Waals surface area contributed by atoms with Gasteiger partial charge < -0.3 is 9.84 Å². The number of aryl methyl sites for hydroxylation is 2. The Bertz CT molecular complexity index is 1020. The Hall–Kier alpha value is -3.61. The molecule has 4 rings (SSSR count). The lowest BCUT2D eigenvalue weighted by Gasteiger charge is -2.13. The molecule has 0 saturated carbocycles. The second kappa shape index (κ2) is 9.05. The first-order chi connectivity index (χ1) is 14.3. The summed E-state index contributed by atoms with van der Waals surface area (Å²) >= 11 is 0. The van der Waals surface area contributed by atoms with E-state index in [1.54, 1.807) is 12.4 Å². The average Bonchev–Trinajstić information content (AvgIpc) is 3.24. The van der Waals surface area contributed by atoms with Gasteiger partial charge in [0.05, 0.1) is 17.3 Å². The molecule has 146 valence electrons. The molecule has 0 radical (unpaired) electrons. The lowest BCUT2D eigenvalue weighted by Crippen LogP contribution is -2.09. The molecule has 1 N–H and O–H groups in total. The number of hydrogen-bond acceptors (Lipinski definition) is 7. The van der Waals surface area contributed by atoms with E-state index in [-0.39, 0.29) is 6.04 Å². The van der Waals surface area contributed by atoms with Gasteiger partial charge in [0.1, 0.15) is 12.1 Å². The third-order valence-electron chi connectivity index (χ3n) is 4.60. The Balaban J connectivity index is 1.33. The molecule has 0 aliphatic rings. The molecule has 0 bridgehead atoms. The molecular weight excluding hydrogens is 364 g/mol. The summed E-state index contributed by atoms with van der Waals surface area (Å²) in [5, 5.41) is 7.41. The van der Waals surface area contributed by atoms with Crippen LogP contribution >= 0.6 is 0 Å². The Labute approximate surface area is 169 Å². The molecule has 0 aliphatic heterocycles. The van der Waals surface area contributed by atoms with Gasteiger partial charge in [0.2, 0.25) is 0 Å². The molecule has 0 saturated heterocycles. The van der Waals surface area contributed by atoms with E-state index < -0.39 is 0 Å². The molecular formula is C22H22N6O. The number of aromatic nitrogens is 5. The van der Waals surface area contributed by atoms with Crippen molar-refractivity contribution in [2.75, 3.05) is 5.32 Å². The van der Waals surface area contributed by atoms with Crippen LogP contribution in [0.25, 0.3) is 11.5 Å². The maximum Gasteiger partial charge on any atom is 0.259 e. The van der Waals surface area contributed by atoms with Crippen molar-refractivity contribution in [3.8, 4) is 11.5 Å². The molecule has 0 spiro atoms. The van der Waals surface area contributed by atoms with Crippen LogP contribution < -0.4 is 5.32 Å². The van der Waals surface area contributed by atoms with Crippen molar-refractivity contribution >= 4 is 5.82 Å². The van der Waals surface area contributed by atoms with Crippen molar-refractivity contribution in [3.05, 3.63) is 84.3 Å². The van der Waals surface area contributed by atoms with Crippen LogP contribution in [-0.4, -0.2) is 25.1 Å². The largest absolute Gasteiger partial charge is 0.362 e. The minimum atomic E-state index is 0.0240. The minimum Gasteiger partial charge on any atom is -0.362 e. The number of pyridine rings is 1. The summed E-state index contributed by atoms with van der Waals surface area (Å²) in [5.74, 6) is 1.96. The Morgan fingerprint density at radius 3 is 2.66 bits per heavy atom. The monoisotopic (exact) mass is 386 g/mol. The van der Waals surface area contributed by atoms with Crippen LogP contribution in [0, 0.1) is 0 Å². The fraction of sp³-hybridized carbons (Fsp3) is 0.227. The lowest BCUT2D eigenvalue weighted by molar-refractivity contribution is 0.421. The maximum atomic E-state index is 5.41. The van der Waals surface area contributed by atoms with Gasteiger partial charge in [-0.2, -0.15) is 4.98 Å². The minimum absolute atomic E-state index is 0.0240. The van der Waals surface area contributed by atoms with E-state index >= 15 is 0 Å². The van der Waals surface area contributed by atoms with Crippen molar-refractivity contribution in [3.63, 3.8) is 0 Å². The number of benzene rings is 1. The van der Waals surface area contributed by atoms with Crippen LogP contribution in [0.1, 0.15) is 36.5 Å². The van der Waals surface area contributed by atoms with Gasteiger partial charge in [-0.3, -0.25) is 0 Å². The summed E-state index contributed by atoms with van der Waals surface area (Å²) in [7, 11) is 0. The number of nitrogens with one attached hydrogen (secondary N) is 1. The SMILES string of the molecule is CC(Nc1ccc(-c2nc(CCCc3ccccc3)no2)cn1)c1ccncn1. The topological polar surface area (TPSA) is 89.6 Å². The highest BCUT2D eigenvalue weighted by Gasteiger charge is 2.11. The summed E-state index contributed by atoms with van der Waals surface area (Å²) < 4.78 is 5.41. The molecule has 0 aliphatic carbocycles. The van der Waals surface area contributed by atoms with Gasteiger partial charge in [0.15, 0.2) is 5.82 Å². The van der Waals surface area contributed by atoms with Gasteiger partial charge in [-0.05, 0) is 43.5 Å². The predicted molar refractivity (Wildman–Crippen MR) is 110 cm³/mol. The Morgan fingerprint density at radius 2 is 1.90 bits per heavy atom. The Morgan fingerprint density at radius 1 is 1.00 bits per heavy atom. The van der Waals surface area contributed by atoms with Crippen molar-refractivity contribution in [1.82, 2.24) is 25.1 Å².